The lowest BCUT2D eigenvalue weighted by atomic mass is 10.1. The monoisotopic (exact) mass is 243 g/mol. The van der Waals surface area contributed by atoms with Gasteiger partial charge in [-0.2, -0.15) is 0 Å². The highest BCUT2D eigenvalue weighted by Gasteiger charge is 2.38. The van der Waals surface area contributed by atoms with Crippen molar-refractivity contribution in [2.24, 2.45) is 0 Å². The summed E-state index contributed by atoms with van der Waals surface area (Å²) in [5.41, 5.74) is 1.65. The Hall–Kier alpha value is -1.00. The molecule has 0 radical (unpaired) electrons. The number of sulfone groups is 1. The summed E-state index contributed by atoms with van der Waals surface area (Å²) in [6.07, 6.45) is 4.26. The number of fused-ring (bicyclic) bond motifs is 1. The molecule has 1 heterocycles. The molecule has 0 bridgehead atoms. The van der Waals surface area contributed by atoms with Crippen molar-refractivity contribution >= 4 is 33.2 Å². The minimum Gasteiger partial charge on any atom is -0.351 e. The molecule has 1 aliphatic rings. The van der Waals surface area contributed by atoms with Crippen LogP contribution in [0.15, 0.2) is 30.3 Å². The summed E-state index contributed by atoms with van der Waals surface area (Å²) < 4.78 is 21.4. The number of hydrogen-bond acceptors (Lipinski definition) is 3. The molecule has 1 aromatic rings. The van der Waals surface area contributed by atoms with Gasteiger partial charge in [-0.1, -0.05) is 35.9 Å². The van der Waals surface area contributed by atoms with Crippen LogP contribution in [0.5, 0.6) is 0 Å². The first kappa shape index (κ1) is 10.5. The van der Waals surface area contributed by atoms with E-state index in [1.165, 1.54) is 6.08 Å². The zero-order chi connectivity index (χ0) is 11.1. The Morgan fingerprint density at radius 2 is 2.00 bits per heavy atom. The SMILES string of the molecule is CS(=O)(=O)C1(Cl)C=Cc2ccccc2N1. The molecule has 0 fully saturated rings. The fraction of sp³-hybridized carbons (Fsp3) is 0.200. The van der Waals surface area contributed by atoms with Crippen LogP contribution in [-0.2, 0) is 9.84 Å². The maximum absolute atomic E-state index is 11.5. The number of benzene rings is 1. The van der Waals surface area contributed by atoms with E-state index in [9.17, 15) is 8.42 Å². The maximum atomic E-state index is 11.5. The second kappa shape index (κ2) is 3.25. The molecule has 5 heteroatoms. The zero-order valence-electron chi connectivity index (χ0n) is 8.07. The molecule has 80 valence electrons. The lowest BCUT2D eigenvalue weighted by Gasteiger charge is -2.28. The van der Waals surface area contributed by atoms with E-state index in [4.69, 9.17) is 11.6 Å². The molecule has 1 aliphatic heterocycles. The van der Waals surface area contributed by atoms with Crippen LogP contribution in [0.25, 0.3) is 6.08 Å². The van der Waals surface area contributed by atoms with Gasteiger partial charge in [-0.25, -0.2) is 8.42 Å². The summed E-state index contributed by atoms with van der Waals surface area (Å²) >= 11 is 5.99. The molecule has 0 aliphatic carbocycles. The van der Waals surface area contributed by atoms with E-state index in [0.717, 1.165) is 17.5 Å². The van der Waals surface area contributed by atoms with Crippen LogP contribution < -0.4 is 5.32 Å². The van der Waals surface area contributed by atoms with Crippen molar-refractivity contribution in [3.05, 3.63) is 35.9 Å². The average Bonchev–Trinajstić information content (AvgIpc) is 2.16. The van der Waals surface area contributed by atoms with Gasteiger partial charge in [0.2, 0.25) is 4.33 Å². The molecule has 2 rings (SSSR count). The molecule has 1 N–H and O–H groups in total. The normalized spacial score (nSPS) is 24.4. The highest BCUT2D eigenvalue weighted by Crippen LogP contribution is 2.33. The van der Waals surface area contributed by atoms with Crippen molar-refractivity contribution in [2.45, 2.75) is 4.33 Å². The van der Waals surface area contributed by atoms with Gasteiger partial charge in [0.1, 0.15) is 0 Å². The number of nitrogens with one attached hydrogen (secondary N) is 1. The molecule has 1 aromatic carbocycles. The summed E-state index contributed by atoms with van der Waals surface area (Å²) in [7, 11) is -3.40. The maximum Gasteiger partial charge on any atom is 0.234 e. The summed E-state index contributed by atoms with van der Waals surface area (Å²) in [5, 5.41) is 2.80. The molecule has 0 saturated heterocycles. The molecular formula is C10H10ClNO2S. The van der Waals surface area contributed by atoms with Crippen molar-refractivity contribution in [3.63, 3.8) is 0 Å². The summed E-state index contributed by atoms with van der Waals surface area (Å²) in [5.74, 6) is 0. The Bertz CT molecular complexity index is 524. The van der Waals surface area contributed by atoms with Crippen LogP contribution >= 0.6 is 11.6 Å². The third-order valence-electron chi connectivity index (χ3n) is 2.28. The summed E-state index contributed by atoms with van der Waals surface area (Å²) in [4.78, 5) is 0. The van der Waals surface area contributed by atoms with Gasteiger partial charge in [0.25, 0.3) is 0 Å². The minimum absolute atomic E-state index is 0.723. The van der Waals surface area contributed by atoms with E-state index in [1.54, 1.807) is 12.1 Å². The van der Waals surface area contributed by atoms with Gasteiger partial charge in [0.05, 0.1) is 0 Å². The molecule has 0 spiro atoms. The minimum atomic E-state index is -3.40. The molecule has 0 aromatic heterocycles. The number of anilines is 1. The Labute approximate surface area is 93.7 Å². The van der Waals surface area contributed by atoms with E-state index < -0.39 is 14.2 Å². The Morgan fingerprint density at radius 1 is 1.33 bits per heavy atom. The largest absolute Gasteiger partial charge is 0.351 e. The second-order valence-corrected chi connectivity index (χ2v) is 6.47. The van der Waals surface area contributed by atoms with E-state index >= 15 is 0 Å². The lowest BCUT2D eigenvalue weighted by molar-refractivity contribution is 0.593. The van der Waals surface area contributed by atoms with Crippen molar-refractivity contribution in [3.8, 4) is 0 Å². The van der Waals surface area contributed by atoms with Gasteiger partial charge < -0.3 is 5.32 Å². The molecular weight excluding hydrogens is 234 g/mol. The fourth-order valence-corrected chi connectivity index (χ4v) is 2.17. The zero-order valence-corrected chi connectivity index (χ0v) is 9.64. The van der Waals surface area contributed by atoms with Gasteiger partial charge >= 0.3 is 0 Å². The molecule has 1 atom stereocenters. The van der Waals surface area contributed by atoms with Gasteiger partial charge in [0.15, 0.2) is 9.84 Å². The van der Waals surface area contributed by atoms with Crippen LogP contribution in [0.3, 0.4) is 0 Å². The van der Waals surface area contributed by atoms with E-state index in [-0.39, 0.29) is 0 Å². The van der Waals surface area contributed by atoms with Gasteiger partial charge in [-0.15, -0.1) is 0 Å². The van der Waals surface area contributed by atoms with Gasteiger partial charge in [-0.05, 0) is 17.7 Å². The predicted molar refractivity (Wildman–Crippen MR) is 62.5 cm³/mol. The summed E-state index contributed by atoms with van der Waals surface area (Å²) in [6.45, 7) is 0. The van der Waals surface area contributed by atoms with Crippen molar-refractivity contribution in [1.82, 2.24) is 0 Å². The molecule has 1 unspecified atom stereocenters. The Balaban J connectivity index is 2.51. The first-order valence-corrected chi connectivity index (χ1v) is 6.64. The third-order valence-corrected chi connectivity index (χ3v) is 4.66. The Kier molecular flexibility index (Phi) is 2.28. The highest BCUT2D eigenvalue weighted by molar-refractivity contribution is 7.93. The molecule has 15 heavy (non-hydrogen) atoms. The van der Waals surface area contributed by atoms with Crippen LogP contribution in [-0.4, -0.2) is 19.0 Å². The number of rotatable bonds is 1. The number of para-hydroxylation sites is 1. The molecule has 3 nitrogen and oxygen atoms in total. The van der Waals surface area contributed by atoms with E-state index in [1.807, 2.05) is 18.2 Å². The van der Waals surface area contributed by atoms with E-state index in [0.29, 0.717) is 0 Å². The lowest BCUT2D eigenvalue weighted by Crippen LogP contribution is -2.39. The number of alkyl halides is 1. The second-order valence-electron chi connectivity index (χ2n) is 3.46. The Morgan fingerprint density at radius 3 is 2.67 bits per heavy atom. The quantitative estimate of drug-likeness (QED) is 0.607. The average molecular weight is 244 g/mol. The third kappa shape index (κ3) is 1.75. The molecule has 0 saturated carbocycles. The highest BCUT2D eigenvalue weighted by atomic mass is 35.5. The van der Waals surface area contributed by atoms with Gasteiger partial charge in [-0.3, -0.25) is 0 Å². The first-order valence-electron chi connectivity index (χ1n) is 4.37. The number of halogens is 1. The smallest absolute Gasteiger partial charge is 0.234 e. The fourth-order valence-electron chi connectivity index (χ4n) is 1.39. The van der Waals surface area contributed by atoms with Crippen molar-refractivity contribution in [2.75, 3.05) is 11.6 Å². The topological polar surface area (TPSA) is 46.2 Å². The van der Waals surface area contributed by atoms with Crippen molar-refractivity contribution < 1.29 is 8.42 Å². The van der Waals surface area contributed by atoms with Crippen LogP contribution in [0.4, 0.5) is 5.69 Å². The van der Waals surface area contributed by atoms with Crippen LogP contribution in [0, 0.1) is 0 Å². The van der Waals surface area contributed by atoms with Gasteiger partial charge in [0, 0.05) is 11.9 Å². The first-order chi connectivity index (χ1) is 6.92. The number of hydrogen-bond donors (Lipinski definition) is 1. The predicted octanol–water partition coefficient (Wildman–Crippen LogP) is 2.06. The van der Waals surface area contributed by atoms with Crippen LogP contribution in [0.2, 0.25) is 0 Å². The van der Waals surface area contributed by atoms with Crippen molar-refractivity contribution in [1.29, 1.82) is 0 Å². The standard InChI is InChI=1S/C10H10ClNO2S/c1-15(13,14)10(11)7-6-8-4-2-3-5-9(8)12-10/h2-7,12H,1H3. The molecule has 0 amide bonds. The van der Waals surface area contributed by atoms with E-state index in [2.05, 4.69) is 5.32 Å². The summed E-state index contributed by atoms with van der Waals surface area (Å²) in [6, 6.07) is 7.38. The van der Waals surface area contributed by atoms with Crippen LogP contribution in [0.1, 0.15) is 5.56 Å².